The van der Waals surface area contributed by atoms with Gasteiger partial charge in [-0.25, -0.2) is 0 Å². The summed E-state index contributed by atoms with van der Waals surface area (Å²) in [5.41, 5.74) is 9.15. The number of nitrogens with two attached hydrogens (primary N) is 1. The molecule has 110 valence electrons. The van der Waals surface area contributed by atoms with Gasteiger partial charge in [0.15, 0.2) is 0 Å². The number of benzene rings is 2. The lowest BCUT2D eigenvalue weighted by molar-refractivity contribution is 0.242. The van der Waals surface area contributed by atoms with Gasteiger partial charge in [-0.05, 0) is 24.5 Å². The van der Waals surface area contributed by atoms with Crippen molar-refractivity contribution in [3.63, 3.8) is 0 Å². The summed E-state index contributed by atoms with van der Waals surface area (Å²) in [6.07, 6.45) is 2.59. The van der Waals surface area contributed by atoms with Crippen LogP contribution in [0, 0.1) is 0 Å². The maximum Gasteiger partial charge on any atom is 0.125 e. The third-order valence-corrected chi connectivity index (χ3v) is 3.98. The molecule has 0 bridgehead atoms. The fraction of sp³-hybridized carbons (Fsp3) is 0.333. The van der Waals surface area contributed by atoms with Crippen LogP contribution < -0.4 is 10.5 Å². The lowest BCUT2D eigenvalue weighted by Crippen LogP contribution is -2.25. The third kappa shape index (κ3) is 3.56. The Hall–Kier alpha value is -2.00. The maximum absolute atomic E-state index is 5.84. The highest BCUT2D eigenvalue weighted by Gasteiger charge is 2.29. The molecule has 0 atom stereocenters. The van der Waals surface area contributed by atoms with E-state index < -0.39 is 0 Å². The number of methoxy groups -OCH3 is 1. The molecule has 1 saturated carbocycles. The van der Waals surface area contributed by atoms with Crippen LogP contribution in [0.15, 0.2) is 48.5 Å². The summed E-state index contributed by atoms with van der Waals surface area (Å²) in [5.74, 6) is 0.883. The largest absolute Gasteiger partial charge is 0.496 e. The Morgan fingerprint density at radius 1 is 1.10 bits per heavy atom. The Morgan fingerprint density at radius 3 is 2.52 bits per heavy atom. The fourth-order valence-corrected chi connectivity index (χ4v) is 2.68. The first-order valence-corrected chi connectivity index (χ1v) is 7.46. The van der Waals surface area contributed by atoms with Gasteiger partial charge in [0.25, 0.3) is 0 Å². The van der Waals surface area contributed by atoms with E-state index >= 15 is 0 Å². The van der Waals surface area contributed by atoms with Crippen molar-refractivity contribution >= 4 is 5.69 Å². The first kappa shape index (κ1) is 14.0. The standard InChI is InChI=1S/C18H22N2O/c1-21-18-11-16(19)8-7-15(18)13-20(17-9-10-17)12-14-5-3-2-4-6-14/h2-8,11,17H,9-10,12-13,19H2,1H3. The van der Waals surface area contributed by atoms with Gasteiger partial charge in [0.2, 0.25) is 0 Å². The summed E-state index contributed by atoms with van der Waals surface area (Å²) >= 11 is 0. The lowest BCUT2D eigenvalue weighted by atomic mass is 10.1. The molecule has 3 heteroatoms. The van der Waals surface area contributed by atoms with E-state index in [-0.39, 0.29) is 0 Å². The Balaban J connectivity index is 1.76. The molecular formula is C18H22N2O. The van der Waals surface area contributed by atoms with E-state index in [0.29, 0.717) is 6.04 Å². The number of rotatable bonds is 6. The Kier molecular flexibility index (Phi) is 4.11. The monoisotopic (exact) mass is 282 g/mol. The third-order valence-electron chi connectivity index (χ3n) is 3.98. The SMILES string of the molecule is COc1cc(N)ccc1CN(Cc1ccccc1)C1CC1. The number of nitrogens with zero attached hydrogens (tertiary/aromatic N) is 1. The molecule has 0 aromatic heterocycles. The van der Waals surface area contributed by atoms with E-state index in [2.05, 4.69) is 41.3 Å². The Bertz CT molecular complexity index is 593. The lowest BCUT2D eigenvalue weighted by Gasteiger charge is -2.23. The fourth-order valence-electron chi connectivity index (χ4n) is 2.68. The Morgan fingerprint density at radius 2 is 1.86 bits per heavy atom. The average Bonchev–Trinajstić information content (AvgIpc) is 3.34. The molecule has 0 radical (unpaired) electrons. The van der Waals surface area contributed by atoms with Crippen molar-refractivity contribution in [1.29, 1.82) is 0 Å². The van der Waals surface area contributed by atoms with Crippen LogP contribution >= 0.6 is 0 Å². The topological polar surface area (TPSA) is 38.5 Å². The highest BCUT2D eigenvalue weighted by Crippen LogP contribution is 2.32. The summed E-state index contributed by atoms with van der Waals surface area (Å²) in [6, 6.07) is 17.3. The number of hydrogen-bond donors (Lipinski definition) is 1. The second-order valence-electron chi connectivity index (χ2n) is 5.69. The molecule has 2 aromatic carbocycles. The highest BCUT2D eigenvalue weighted by molar-refractivity contribution is 5.48. The van der Waals surface area contributed by atoms with Crippen LogP contribution in [0.3, 0.4) is 0 Å². The van der Waals surface area contributed by atoms with E-state index in [9.17, 15) is 0 Å². The normalized spacial score (nSPS) is 14.4. The van der Waals surface area contributed by atoms with Crippen LogP contribution in [0.25, 0.3) is 0 Å². The molecule has 0 unspecified atom stereocenters. The molecule has 0 saturated heterocycles. The molecule has 2 N–H and O–H groups in total. The van der Waals surface area contributed by atoms with E-state index in [1.54, 1.807) is 7.11 Å². The van der Waals surface area contributed by atoms with Crippen LogP contribution in [-0.2, 0) is 13.1 Å². The summed E-state index contributed by atoms with van der Waals surface area (Å²) in [7, 11) is 1.71. The first-order chi connectivity index (χ1) is 10.3. The van der Waals surface area contributed by atoms with Crippen molar-refractivity contribution in [3.05, 3.63) is 59.7 Å². The molecule has 3 rings (SSSR count). The summed E-state index contributed by atoms with van der Waals surface area (Å²) in [4.78, 5) is 2.53. The van der Waals surface area contributed by atoms with Gasteiger partial charge in [-0.2, -0.15) is 0 Å². The molecular weight excluding hydrogens is 260 g/mol. The van der Waals surface area contributed by atoms with Gasteiger partial charge in [0, 0.05) is 36.4 Å². The summed E-state index contributed by atoms with van der Waals surface area (Å²) in [5, 5.41) is 0. The molecule has 1 aliphatic rings. The van der Waals surface area contributed by atoms with Crippen molar-refractivity contribution in [3.8, 4) is 5.75 Å². The van der Waals surface area contributed by atoms with Crippen LogP contribution in [-0.4, -0.2) is 18.1 Å². The number of nitrogen functional groups attached to an aromatic ring is 1. The molecule has 3 nitrogen and oxygen atoms in total. The molecule has 1 aliphatic carbocycles. The van der Waals surface area contributed by atoms with Gasteiger partial charge >= 0.3 is 0 Å². The second-order valence-corrected chi connectivity index (χ2v) is 5.69. The van der Waals surface area contributed by atoms with Crippen LogP contribution in [0.1, 0.15) is 24.0 Å². The van der Waals surface area contributed by atoms with Gasteiger partial charge in [-0.15, -0.1) is 0 Å². The van der Waals surface area contributed by atoms with Crippen molar-refractivity contribution in [1.82, 2.24) is 4.90 Å². The van der Waals surface area contributed by atoms with E-state index in [1.165, 1.54) is 24.0 Å². The van der Waals surface area contributed by atoms with Crippen LogP contribution in [0.2, 0.25) is 0 Å². The second kappa shape index (κ2) is 6.19. The zero-order chi connectivity index (χ0) is 14.7. The number of hydrogen-bond acceptors (Lipinski definition) is 3. The van der Waals surface area contributed by atoms with E-state index in [1.807, 2.05) is 12.1 Å². The minimum absolute atomic E-state index is 0.701. The van der Waals surface area contributed by atoms with E-state index in [0.717, 1.165) is 24.5 Å². The Labute approximate surface area is 126 Å². The van der Waals surface area contributed by atoms with Crippen molar-refractivity contribution in [2.24, 2.45) is 0 Å². The molecule has 1 fully saturated rings. The molecule has 0 spiro atoms. The zero-order valence-electron chi connectivity index (χ0n) is 12.5. The quantitative estimate of drug-likeness (QED) is 0.825. The van der Waals surface area contributed by atoms with Gasteiger partial charge in [0.1, 0.15) is 5.75 Å². The molecule has 21 heavy (non-hydrogen) atoms. The average molecular weight is 282 g/mol. The predicted molar refractivity (Wildman–Crippen MR) is 86.1 cm³/mol. The van der Waals surface area contributed by atoms with Crippen molar-refractivity contribution < 1.29 is 4.74 Å². The summed E-state index contributed by atoms with van der Waals surface area (Å²) in [6.45, 7) is 1.89. The first-order valence-electron chi connectivity index (χ1n) is 7.46. The van der Waals surface area contributed by atoms with Crippen molar-refractivity contribution in [2.45, 2.75) is 32.0 Å². The maximum atomic E-state index is 5.84. The van der Waals surface area contributed by atoms with Crippen molar-refractivity contribution in [2.75, 3.05) is 12.8 Å². The minimum atomic E-state index is 0.701. The number of anilines is 1. The van der Waals surface area contributed by atoms with Crippen LogP contribution in [0.5, 0.6) is 5.75 Å². The molecule has 2 aromatic rings. The molecule has 0 amide bonds. The van der Waals surface area contributed by atoms with Gasteiger partial charge in [0.05, 0.1) is 7.11 Å². The van der Waals surface area contributed by atoms with Gasteiger partial charge < -0.3 is 10.5 Å². The number of ether oxygens (including phenoxy) is 1. The minimum Gasteiger partial charge on any atom is -0.496 e. The van der Waals surface area contributed by atoms with Gasteiger partial charge in [-0.3, -0.25) is 4.90 Å². The van der Waals surface area contributed by atoms with Gasteiger partial charge in [-0.1, -0.05) is 36.4 Å². The molecule has 0 aliphatic heterocycles. The predicted octanol–water partition coefficient (Wildman–Crippen LogP) is 3.44. The highest BCUT2D eigenvalue weighted by atomic mass is 16.5. The van der Waals surface area contributed by atoms with Crippen LogP contribution in [0.4, 0.5) is 5.69 Å². The summed E-state index contributed by atoms with van der Waals surface area (Å²) < 4.78 is 5.47. The molecule has 0 heterocycles. The zero-order valence-corrected chi connectivity index (χ0v) is 12.5. The van der Waals surface area contributed by atoms with E-state index in [4.69, 9.17) is 10.5 Å². The smallest absolute Gasteiger partial charge is 0.125 e.